The summed E-state index contributed by atoms with van der Waals surface area (Å²) >= 11 is 0. The van der Waals surface area contributed by atoms with E-state index in [0.29, 0.717) is 35.1 Å². The Kier molecular flexibility index (Phi) is 4.76. The summed E-state index contributed by atoms with van der Waals surface area (Å²) in [6, 6.07) is 7.87. The number of piperidine rings is 1. The lowest BCUT2D eigenvalue weighted by Gasteiger charge is -2.32. The molecule has 9 nitrogen and oxygen atoms in total. The van der Waals surface area contributed by atoms with E-state index in [-0.39, 0.29) is 6.04 Å². The predicted molar refractivity (Wildman–Crippen MR) is 117 cm³/mol. The van der Waals surface area contributed by atoms with E-state index in [1.165, 1.54) is 0 Å². The van der Waals surface area contributed by atoms with Crippen LogP contribution in [-0.4, -0.2) is 48.8 Å². The molecule has 0 saturated carbocycles. The van der Waals surface area contributed by atoms with Gasteiger partial charge < -0.3 is 10.6 Å². The van der Waals surface area contributed by atoms with Gasteiger partial charge in [-0.2, -0.15) is 10.4 Å². The molecular weight excluding hydrogens is 390 g/mol. The molecule has 5 rings (SSSR count). The van der Waals surface area contributed by atoms with Crippen LogP contribution in [0.5, 0.6) is 0 Å². The van der Waals surface area contributed by atoms with Crippen LogP contribution in [0.25, 0.3) is 28.1 Å². The third-order valence-corrected chi connectivity index (χ3v) is 5.43. The highest BCUT2D eigenvalue weighted by Crippen LogP contribution is 2.26. The number of fused-ring (bicyclic) bond motifs is 1. The number of anilines is 1. The molecule has 9 heteroatoms. The van der Waals surface area contributed by atoms with Gasteiger partial charge >= 0.3 is 0 Å². The van der Waals surface area contributed by atoms with E-state index in [1.807, 2.05) is 19.1 Å². The number of hydrogen-bond acceptors (Lipinski definition) is 8. The molecule has 1 aliphatic heterocycles. The van der Waals surface area contributed by atoms with Crippen molar-refractivity contribution in [1.29, 1.82) is 5.26 Å². The third-order valence-electron chi connectivity index (χ3n) is 5.43. The van der Waals surface area contributed by atoms with Gasteiger partial charge in [0.1, 0.15) is 17.6 Å². The first kappa shape index (κ1) is 19.1. The molecule has 0 aromatic carbocycles. The van der Waals surface area contributed by atoms with Gasteiger partial charge in [-0.3, -0.25) is 9.97 Å². The lowest BCUT2D eigenvalue weighted by atomic mass is 10.1. The van der Waals surface area contributed by atoms with Crippen LogP contribution in [0.2, 0.25) is 0 Å². The first-order chi connectivity index (χ1) is 15.1. The summed E-state index contributed by atoms with van der Waals surface area (Å²) in [7, 11) is 0. The lowest BCUT2D eigenvalue weighted by molar-refractivity contribution is 0.502. The Morgan fingerprint density at radius 1 is 1.13 bits per heavy atom. The Balaban J connectivity index is 1.60. The highest BCUT2D eigenvalue weighted by Gasteiger charge is 2.21. The number of pyridine rings is 2. The van der Waals surface area contributed by atoms with Crippen molar-refractivity contribution in [3.63, 3.8) is 0 Å². The zero-order chi connectivity index (χ0) is 21.4. The summed E-state index contributed by atoms with van der Waals surface area (Å²) in [6.07, 6.45) is 8.89. The highest BCUT2D eigenvalue weighted by molar-refractivity contribution is 5.82. The minimum atomic E-state index is 0.0837. The number of rotatable bonds is 3. The van der Waals surface area contributed by atoms with Gasteiger partial charge in [-0.05, 0) is 38.0 Å². The van der Waals surface area contributed by atoms with Gasteiger partial charge in [0.2, 0.25) is 0 Å². The Bertz CT molecular complexity index is 1300. The van der Waals surface area contributed by atoms with E-state index in [0.717, 1.165) is 36.0 Å². The van der Waals surface area contributed by atoms with Crippen molar-refractivity contribution < 1.29 is 0 Å². The molecule has 4 aromatic heterocycles. The predicted octanol–water partition coefficient (Wildman–Crippen LogP) is 2.38. The Labute approximate surface area is 179 Å². The largest absolute Gasteiger partial charge is 0.354 e. The molecular formula is C22H21N9. The van der Waals surface area contributed by atoms with Crippen molar-refractivity contribution in [1.82, 2.24) is 29.7 Å². The first-order valence-electron chi connectivity index (χ1n) is 10.2. The number of hydrogen-bond donors (Lipinski definition) is 1. The molecule has 1 atom stereocenters. The number of aromatic nitrogens is 6. The summed E-state index contributed by atoms with van der Waals surface area (Å²) in [5.74, 6) is 1.29. The van der Waals surface area contributed by atoms with E-state index in [9.17, 15) is 5.26 Å². The molecule has 5 heterocycles. The minimum absolute atomic E-state index is 0.0837. The van der Waals surface area contributed by atoms with Gasteiger partial charge in [0.15, 0.2) is 5.82 Å². The monoisotopic (exact) mass is 411 g/mol. The fourth-order valence-electron chi connectivity index (χ4n) is 3.92. The van der Waals surface area contributed by atoms with E-state index in [1.54, 1.807) is 35.5 Å². The molecule has 0 spiro atoms. The van der Waals surface area contributed by atoms with Crippen molar-refractivity contribution in [3.05, 3.63) is 54.2 Å². The maximum Gasteiger partial charge on any atom is 0.156 e. The van der Waals surface area contributed by atoms with Crippen LogP contribution in [0.3, 0.4) is 0 Å². The summed E-state index contributed by atoms with van der Waals surface area (Å²) in [5, 5.41) is 15.0. The standard InChI is InChI=1S/C22H21N9/c1-14-9-25-12-19(28-14)18-7-20-16(10-26-18)11-27-31(20)21-5-4-15(8-23)22(29-21)30-6-2-3-17(24)13-30/h4-5,7,9-12,17H,2-3,6,13,24H2,1H3. The summed E-state index contributed by atoms with van der Waals surface area (Å²) < 4.78 is 1.76. The third kappa shape index (κ3) is 3.58. The van der Waals surface area contributed by atoms with Gasteiger partial charge in [-0.1, -0.05) is 0 Å². The Morgan fingerprint density at radius 3 is 2.84 bits per heavy atom. The molecule has 1 fully saturated rings. The van der Waals surface area contributed by atoms with Crippen molar-refractivity contribution in [2.24, 2.45) is 5.73 Å². The highest BCUT2D eigenvalue weighted by atomic mass is 15.3. The Morgan fingerprint density at radius 2 is 2.03 bits per heavy atom. The van der Waals surface area contributed by atoms with Gasteiger partial charge in [0.25, 0.3) is 0 Å². The normalized spacial score (nSPS) is 16.4. The van der Waals surface area contributed by atoms with Crippen LogP contribution in [0.1, 0.15) is 24.1 Å². The molecule has 0 aliphatic carbocycles. The average Bonchev–Trinajstić information content (AvgIpc) is 3.22. The van der Waals surface area contributed by atoms with Gasteiger partial charge in [0.05, 0.1) is 34.9 Å². The van der Waals surface area contributed by atoms with Gasteiger partial charge in [-0.25, -0.2) is 14.6 Å². The van der Waals surface area contributed by atoms with E-state index >= 15 is 0 Å². The second-order valence-electron chi connectivity index (χ2n) is 7.73. The van der Waals surface area contributed by atoms with E-state index in [4.69, 9.17) is 10.7 Å². The van der Waals surface area contributed by atoms with Crippen LogP contribution in [-0.2, 0) is 0 Å². The topological polar surface area (TPSA) is 122 Å². The number of aryl methyl sites for hydroxylation is 1. The molecule has 0 bridgehead atoms. The van der Waals surface area contributed by atoms with E-state index in [2.05, 4.69) is 31.0 Å². The fourth-order valence-corrected chi connectivity index (χ4v) is 3.92. The van der Waals surface area contributed by atoms with Gasteiger partial charge in [-0.15, -0.1) is 0 Å². The van der Waals surface area contributed by atoms with Crippen molar-refractivity contribution >= 4 is 16.7 Å². The van der Waals surface area contributed by atoms with Crippen LogP contribution < -0.4 is 10.6 Å². The lowest BCUT2D eigenvalue weighted by Crippen LogP contribution is -2.43. The SMILES string of the molecule is Cc1cncc(-c2cc3c(cn2)cnn3-c2ccc(C#N)c(N3CCCC(N)C3)n2)n1. The maximum absolute atomic E-state index is 9.60. The maximum atomic E-state index is 9.60. The van der Waals surface area contributed by atoms with Crippen LogP contribution in [0.15, 0.2) is 43.0 Å². The van der Waals surface area contributed by atoms with Crippen LogP contribution in [0.4, 0.5) is 5.82 Å². The Hall–Kier alpha value is -3.90. The average molecular weight is 411 g/mol. The quantitative estimate of drug-likeness (QED) is 0.545. The smallest absolute Gasteiger partial charge is 0.156 e. The number of nitrogens with zero attached hydrogens (tertiary/aromatic N) is 8. The zero-order valence-corrected chi connectivity index (χ0v) is 17.1. The van der Waals surface area contributed by atoms with Crippen molar-refractivity contribution in [2.75, 3.05) is 18.0 Å². The van der Waals surface area contributed by atoms with E-state index < -0.39 is 0 Å². The second-order valence-corrected chi connectivity index (χ2v) is 7.73. The summed E-state index contributed by atoms with van der Waals surface area (Å²) in [4.78, 5) is 20.1. The first-order valence-corrected chi connectivity index (χ1v) is 10.2. The summed E-state index contributed by atoms with van der Waals surface area (Å²) in [5.41, 5.74) is 9.78. The summed E-state index contributed by atoms with van der Waals surface area (Å²) in [6.45, 7) is 3.41. The van der Waals surface area contributed by atoms with Crippen LogP contribution in [0, 0.1) is 18.3 Å². The molecule has 1 unspecified atom stereocenters. The molecule has 1 saturated heterocycles. The molecule has 1 aliphatic rings. The van der Waals surface area contributed by atoms with Gasteiger partial charge in [0, 0.05) is 36.9 Å². The molecule has 0 amide bonds. The van der Waals surface area contributed by atoms with Crippen LogP contribution >= 0.6 is 0 Å². The zero-order valence-electron chi connectivity index (χ0n) is 17.1. The molecule has 4 aromatic rings. The number of nitriles is 1. The molecule has 2 N–H and O–H groups in total. The fraction of sp³-hybridized carbons (Fsp3) is 0.273. The number of nitrogens with two attached hydrogens (primary N) is 1. The van der Waals surface area contributed by atoms with Crippen molar-refractivity contribution in [2.45, 2.75) is 25.8 Å². The molecule has 31 heavy (non-hydrogen) atoms. The second kappa shape index (κ2) is 7.74. The minimum Gasteiger partial charge on any atom is -0.354 e. The molecule has 154 valence electrons. The van der Waals surface area contributed by atoms with Crippen molar-refractivity contribution in [3.8, 4) is 23.3 Å². The molecule has 0 radical (unpaired) electrons.